The van der Waals surface area contributed by atoms with Crippen LogP contribution in [-0.2, 0) is 11.2 Å². The zero-order valence-corrected chi connectivity index (χ0v) is 12.8. The standard InChI is InChI=1S/C16H13BrN2O2/c17-13-2-1-3-15(10-13)21-11-16(20)19-14-6-4-12(5-7-14)8-9-18/h1-7,10H,8,11H2,(H,19,20). The summed E-state index contributed by atoms with van der Waals surface area (Å²) in [5.74, 6) is 0.395. The van der Waals surface area contributed by atoms with Gasteiger partial charge in [0.1, 0.15) is 5.75 Å². The Bertz CT molecular complexity index is 663. The van der Waals surface area contributed by atoms with Crippen molar-refractivity contribution in [2.24, 2.45) is 0 Å². The van der Waals surface area contributed by atoms with Crippen LogP contribution < -0.4 is 10.1 Å². The average molecular weight is 345 g/mol. The Morgan fingerprint density at radius 1 is 1.24 bits per heavy atom. The first-order valence-corrected chi connectivity index (χ1v) is 7.11. The van der Waals surface area contributed by atoms with Gasteiger partial charge in [0.15, 0.2) is 6.61 Å². The normalized spacial score (nSPS) is 9.71. The number of anilines is 1. The number of nitrogens with zero attached hydrogens (tertiary/aromatic N) is 1. The zero-order valence-electron chi connectivity index (χ0n) is 11.2. The molecule has 2 aromatic rings. The van der Waals surface area contributed by atoms with Gasteiger partial charge < -0.3 is 10.1 Å². The fraction of sp³-hybridized carbons (Fsp3) is 0.125. The molecule has 0 atom stereocenters. The summed E-state index contributed by atoms with van der Waals surface area (Å²) in [5.41, 5.74) is 1.60. The molecule has 4 nitrogen and oxygen atoms in total. The van der Waals surface area contributed by atoms with Crippen molar-refractivity contribution in [3.63, 3.8) is 0 Å². The van der Waals surface area contributed by atoms with E-state index < -0.39 is 0 Å². The number of ether oxygens (including phenoxy) is 1. The molecule has 0 spiro atoms. The molecule has 0 unspecified atom stereocenters. The van der Waals surface area contributed by atoms with E-state index >= 15 is 0 Å². The van der Waals surface area contributed by atoms with E-state index in [-0.39, 0.29) is 12.5 Å². The second-order valence-corrected chi connectivity index (χ2v) is 5.24. The van der Waals surface area contributed by atoms with Crippen LogP contribution >= 0.6 is 15.9 Å². The third-order valence-corrected chi connectivity index (χ3v) is 3.18. The monoisotopic (exact) mass is 344 g/mol. The lowest BCUT2D eigenvalue weighted by Gasteiger charge is -2.08. The van der Waals surface area contributed by atoms with Gasteiger partial charge in [-0.2, -0.15) is 5.26 Å². The third kappa shape index (κ3) is 4.93. The van der Waals surface area contributed by atoms with E-state index in [2.05, 4.69) is 27.3 Å². The van der Waals surface area contributed by atoms with Crippen molar-refractivity contribution < 1.29 is 9.53 Å². The summed E-state index contributed by atoms with van der Waals surface area (Å²) in [6.07, 6.45) is 0.361. The van der Waals surface area contributed by atoms with E-state index in [9.17, 15) is 4.79 Å². The molecule has 1 amide bonds. The summed E-state index contributed by atoms with van der Waals surface area (Å²) in [6, 6.07) is 16.5. The Morgan fingerprint density at radius 2 is 2.00 bits per heavy atom. The van der Waals surface area contributed by atoms with E-state index in [1.807, 2.05) is 24.3 Å². The molecule has 5 heteroatoms. The molecular weight excluding hydrogens is 332 g/mol. The van der Waals surface area contributed by atoms with Crippen molar-refractivity contribution in [1.29, 1.82) is 5.26 Å². The number of nitriles is 1. The van der Waals surface area contributed by atoms with Crippen LogP contribution in [0.5, 0.6) is 5.75 Å². The number of halogens is 1. The molecule has 0 fully saturated rings. The largest absolute Gasteiger partial charge is 0.484 e. The fourth-order valence-electron chi connectivity index (χ4n) is 1.70. The van der Waals surface area contributed by atoms with Crippen LogP contribution in [0.15, 0.2) is 53.0 Å². The Labute approximate surface area is 131 Å². The maximum absolute atomic E-state index is 11.8. The van der Waals surface area contributed by atoms with Gasteiger partial charge in [-0.25, -0.2) is 0 Å². The molecule has 21 heavy (non-hydrogen) atoms. The molecule has 0 saturated carbocycles. The van der Waals surface area contributed by atoms with E-state index in [1.165, 1.54) is 0 Å². The number of rotatable bonds is 5. The first-order chi connectivity index (χ1) is 10.2. The minimum Gasteiger partial charge on any atom is -0.484 e. The quantitative estimate of drug-likeness (QED) is 0.902. The van der Waals surface area contributed by atoms with Crippen LogP contribution in [0, 0.1) is 11.3 Å². The number of carbonyl (C=O) groups excluding carboxylic acids is 1. The van der Waals surface area contributed by atoms with Crippen LogP contribution in [0.2, 0.25) is 0 Å². The van der Waals surface area contributed by atoms with Crippen LogP contribution in [0.25, 0.3) is 0 Å². The van der Waals surface area contributed by atoms with Crippen LogP contribution in [0.3, 0.4) is 0 Å². The van der Waals surface area contributed by atoms with Crippen LogP contribution in [0.4, 0.5) is 5.69 Å². The van der Waals surface area contributed by atoms with Gasteiger partial charge in [-0.1, -0.05) is 34.1 Å². The summed E-state index contributed by atoms with van der Waals surface area (Å²) in [7, 11) is 0. The Kier molecular flexibility index (Phi) is 5.35. The second-order valence-electron chi connectivity index (χ2n) is 4.33. The minimum atomic E-state index is -0.233. The smallest absolute Gasteiger partial charge is 0.262 e. The van der Waals surface area contributed by atoms with Gasteiger partial charge in [-0.05, 0) is 35.9 Å². The van der Waals surface area contributed by atoms with Gasteiger partial charge in [-0.15, -0.1) is 0 Å². The van der Waals surface area contributed by atoms with Crippen molar-refractivity contribution in [3.05, 3.63) is 58.6 Å². The predicted octanol–water partition coefficient (Wildman–Crippen LogP) is 3.53. The molecule has 2 rings (SSSR count). The first kappa shape index (κ1) is 15.1. The van der Waals surface area contributed by atoms with E-state index in [1.54, 1.807) is 24.3 Å². The predicted molar refractivity (Wildman–Crippen MR) is 84.0 cm³/mol. The second kappa shape index (κ2) is 7.46. The number of carbonyl (C=O) groups is 1. The molecule has 0 aliphatic carbocycles. The highest BCUT2D eigenvalue weighted by molar-refractivity contribution is 9.10. The summed E-state index contributed by atoms with van der Waals surface area (Å²) < 4.78 is 6.29. The Balaban J connectivity index is 1.85. The van der Waals surface area contributed by atoms with Crippen molar-refractivity contribution >= 4 is 27.5 Å². The van der Waals surface area contributed by atoms with Gasteiger partial charge >= 0.3 is 0 Å². The van der Waals surface area contributed by atoms with Crippen molar-refractivity contribution in [1.82, 2.24) is 0 Å². The molecule has 106 valence electrons. The molecule has 0 heterocycles. The van der Waals surface area contributed by atoms with E-state index in [0.29, 0.717) is 17.9 Å². The molecule has 0 aliphatic heterocycles. The van der Waals surface area contributed by atoms with Crippen molar-refractivity contribution in [3.8, 4) is 11.8 Å². The molecule has 0 aromatic heterocycles. The summed E-state index contributed by atoms with van der Waals surface area (Å²) in [4.78, 5) is 11.8. The maximum Gasteiger partial charge on any atom is 0.262 e. The van der Waals surface area contributed by atoms with Gasteiger partial charge in [-0.3, -0.25) is 4.79 Å². The highest BCUT2D eigenvalue weighted by Gasteiger charge is 2.04. The van der Waals surface area contributed by atoms with Crippen LogP contribution in [0.1, 0.15) is 5.56 Å². The number of amides is 1. The molecule has 0 bridgehead atoms. The van der Waals surface area contributed by atoms with E-state index in [0.717, 1.165) is 10.0 Å². The lowest BCUT2D eigenvalue weighted by molar-refractivity contribution is -0.118. The first-order valence-electron chi connectivity index (χ1n) is 6.31. The Hall–Kier alpha value is -2.32. The summed E-state index contributed by atoms with van der Waals surface area (Å²) in [6.45, 7) is -0.0591. The number of nitrogens with one attached hydrogen (secondary N) is 1. The zero-order chi connectivity index (χ0) is 15.1. The third-order valence-electron chi connectivity index (χ3n) is 2.69. The Morgan fingerprint density at radius 3 is 2.67 bits per heavy atom. The topological polar surface area (TPSA) is 62.1 Å². The molecule has 0 radical (unpaired) electrons. The van der Waals surface area contributed by atoms with Crippen molar-refractivity contribution in [2.45, 2.75) is 6.42 Å². The highest BCUT2D eigenvalue weighted by Crippen LogP contribution is 2.17. The molecular formula is C16H13BrN2O2. The maximum atomic E-state index is 11.8. The molecule has 2 aromatic carbocycles. The lowest BCUT2D eigenvalue weighted by atomic mass is 10.1. The number of benzene rings is 2. The number of hydrogen-bond acceptors (Lipinski definition) is 3. The van der Waals surface area contributed by atoms with Gasteiger partial charge in [0.2, 0.25) is 0 Å². The van der Waals surface area contributed by atoms with Gasteiger partial charge in [0.05, 0.1) is 12.5 Å². The highest BCUT2D eigenvalue weighted by atomic mass is 79.9. The summed E-state index contributed by atoms with van der Waals surface area (Å²) >= 11 is 3.34. The molecule has 1 N–H and O–H groups in total. The van der Waals surface area contributed by atoms with Gasteiger partial charge in [0.25, 0.3) is 5.91 Å². The lowest BCUT2D eigenvalue weighted by Crippen LogP contribution is -2.20. The fourth-order valence-corrected chi connectivity index (χ4v) is 2.08. The SMILES string of the molecule is N#CCc1ccc(NC(=O)COc2cccc(Br)c2)cc1. The minimum absolute atomic E-state index is 0.0591. The van der Waals surface area contributed by atoms with E-state index in [4.69, 9.17) is 10.00 Å². The number of hydrogen-bond donors (Lipinski definition) is 1. The summed E-state index contributed by atoms with van der Waals surface area (Å²) in [5, 5.41) is 11.3. The molecule has 0 saturated heterocycles. The average Bonchev–Trinajstić information content (AvgIpc) is 2.48. The molecule has 0 aliphatic rings. The van der Waals surface area contributed by atoms with Crippen molar-refractivity contribution in [2.75, 3.05) is 11.9 Å². The van der Waals surface area contributed by atoms with Crippen LogP contribution in [-0.4, -0.2) is 12.5 Å². The van der Waals surface area contributed by atoms with Gasteiger partial charge in [0, 0.05) is 10.2 Å².